The van der Waals surface area contributed by atoms with Crippen molar-refractivity contribution in [2.45, 2.75) is 51.5 Å². The van der Waals surface area contributed by atoms with E-state index in [9.17, 15) is 0 Å². The van der Waals surface area contributed by atoms with E-state index >= 15 is 0 Å². The van der Waals surface area contributed by atoms with E-state index in [1.54, 1.807) is 21.3 Å². The molecule has 0 amide bonds. The largest absolute Gasteiger partial charge is 0.396 e. The Morgan fingerprint density at radius 2 is 1.76 bits per heavy atom. The summed E-state index contributed by atoms with van der Waals surface area (Å²) in [6.45, 7) is 8.57. The van der Waals surface area contributed by atoms with Gasteiger partial charge in [0, 0.05) is 33.4 Å². The van der Waals surface area contributed by atoms with Gasteiger partial charge in [0.25, 0.3) is 0 Å². The van der Waals surface area contributed by atoms with Crippen LogP contribution >= 0.6 is 0 Å². The van der Waals surface area contributed by atoms with Gasteiger partial charge >= 0.3 is 8.56 Å². The van der Waals surface area contributed by atoms with Crippen molar-refractivity contribution in [3.8, 4) is 0 Å². The molecule has 0 saturated carbocycles. The van der Waals surface area contributed by atoms with Gasteiger partial charge in [-0.2, -0.15) is 0 Å². The van der Waals surface area contributed by atoms with E-state index in [-0.39, 0.29) is 17.2 Å². The first-order chi connectivity index (χ1) is 9.95. The Morgan fingerprint density at radius 3 is 2.14 bits per heavy atom. The molecular formula is C15H32O5Si. The lowest BCUT2D eigenvalue weighted by Crippen LogP contribution is -2.51. The van der Waals surface area contributed by atoms with Gasteiger partial charge in [-0.05, 0) is 32.7 Å². The van der Waals surface area contributed by atoms with Crippen molar-refractivity contribution in [1.29, 1.82) is 0 Å². The monoisotopic (exact) mass is 320 g/mol. The molecule has 2 unspecified atom stereocenters. The van der Waals surface area contributed by atoms with Crippen LogP contribution in [0.25, 0.3) is 0 Å². The highest BCUT2D eigenvalue weighted by Gasteiger charge is 2.43. The topological polar surface area (TPSA) is 46.2 Å². The first-order valence-corrected chi connectivity index (χ1v) is 10.2. The zero-order valence-electron chi connectivity index (χ0n) is 14.4. The molecule has 1 fully saturated rings. The van der Waals surface area contributed by atoms with E-state index in [1.807, 2.05) is 6.92 Å². The fourth-order valence-corrected chi connectivity index (χ4v) is 4.78. The van der Waals surface area contributed by atoms with Gasteiger partial charge in [-0.3, -0.25) is 0 Å². The van der Waals surface area contributed by atoms with E-state index < -0.39 is 8.56 Å². The predicted molar refractivity (Wildman–Crippen MR) is 84.6 cm³/mol. The highest BCUT2D eigenvalue weighted by atomic mass is 28.4. The zero-order chi connectivity index (χ0) is 15.9. The van der Waals surface area contributed by atoms with Crippen molar-refractivity contribution < 1.29 is 23.1 Å². The lowest BCUT2D eigenvalue weighted by Gasteiger charge is -2.43. The van der Waals surface area contributed by atoms with Crippen molar-refractivity contribution in [3.63, 3.8) is 0 Å². The average molecular weight is 321 g/mol. The zero-order valence-corrected chi connectivity index (χ0v) is 15.4. The summed E-state index contributed by atoms with van der Waals surface area (Å²) < 4.78 is 28.1. The molecule has 0 aliphatic carbocycles. The number of ether oxygens (including phenoxy) is 3. The summed E-state index contributed by atoms with van der Waals surface area (Å²) in [6.07, 6.45) is 3.23. The standard InChI is InChI=1S/C15H32O5Si/c1-7-20-14(21(6,17-4)18-5)10-8-9-13(16-3)15(2)11-19-12-15/h13-14H,7-12H2,1-6H3. The second-order valence-corrected chi connectivity index (χ2v) is 9.66. The maximum absolute atomic E-state index is 5.88. The van der Waals surface area contributed by atoms with Crippen molar-refractivity contribution >= 4 is 8.56 Å². The number of methoxy groups -OCH3 is 1. The molecule has 2 atom stereocenters. The maximum Gasteiger partial charge on any atom is 0.364 e. The van der Waals surface area contributed by atoms with Gasteiger partial charge in [0.15, 0.2) is 0 Å². The van der Waals surface area contributed by atoms with Crippen LogP contribution in [0.15, 0.2) is 0 Å². The summed E-state index contributed by atoms with van der Waals surface area (Å²) in [6, 6.07) is 0. The van der Waals surface area contributed by atoms with Gasteiger partial charge in [0.05, 0.1) is 19.3 Å². The van der Waals surface area contributed by atoms with Gasteiger partial charge in [-0.1, -0.05) is 6.92 Å². The summed E-state index contributed by atoms with van der Waals surface area (Å²) in [7, 11) is 2.96. The lowest BCUT2D eigenvalue weighted by molar-refractivity contribution is -0.172. The van der Waals surface area contributed by atoms with Gasteiger partial charge < -0.3 is 23.1 Å². The molecule has 5 nitrogen and oxygen atoms in total. The summed E-state index contributed by atoms with van der Waals surface area (Å²) >= 11 is 0. The van der Waals surface area contributed by atoms with Crippen LogP contribution in [0.1, 0.15) is 33.1 Å². The Hall–Kier alpha value is 0.0169. The second-order valence-electron chi connectivity index (χ2n) is 6.17. The van der Waals surface area contributed by atoms with Crippen molar-refractivity contribution in [1.82, 2.24) is 0 Å². The molecular weight excluding hydrogens is 288 g/mol. The number of rotatable bonds is 11. The molecule has 0 radical (unpaired) electrons. The van der Waals surface area contributed by atoms with E-state index in [1.165, 1.54) is 0 Å². The Kier molecular flexibility index (Phi) is 7.81. The third kappa shape index (κ3) is 4.74. The first-order valence-electron chi connectivity index (χ1n) is 7.78. The molecule has 21 heavy (non-hydrogen) atoms. The smallest absolute Gasteiger partial charge is 0.364 e. The Morgan fingerprint density at radius 1 is 1.14 bits per heavy atom. The summed E-state index contributed by atoms with van der Waals surface area (Å²) in [5.41, 5.74) is 0.222. The molecule has 0 spiro atoms. The molecule has 0 bridgehead atoms. The van der Waals surface area contributed by atoms with Crippen LogP contribution in [0.4, 0.5) is 0 Å². The molecule has 6 heteroatoms. The molecule has 1 aliphatic heterocycles. The first kappa shape index (κ1) is 19.1. The highest BCUT2D eigenvalue weighted by Crippen LogP contribution is 2.35. The van der Waals surface area contributed by atoms with E-state index in [0.717, 1.165) is 32.5 Å². The molecule has 0 aromatic heterocycles. The van der Waals surface area contributed by atoms with Gasteiger partial charge in [0.1, 0.15) is 5.73 Å². The van der Waals surface area contributed by atoms with Crippen LogP contribution in [0.3, 0.4) is 0 Å². The maximum atomic E-state index is 5.88. The van der Waals surface area contributed by atoms with Crippen molar-refractivity contribution in [2.75, 3.05) is 41.2 Å². The minimum Gasteiger partial charge on any atom is -0.396 e. The van der Waals surface area contributed by atoms with Crippen LogP contribution in [0.5, 0.6) is 0 Å². The molecule has 126 valence electrons. The van der Waals surface area contributed by atoms with Crippen LogP contribution in [-0.4, -0.2) is 61.5 Å². The molecule has 1 aliphatic rings. The number of hydrogen-bond donors (Lipinski definition) is 0. The van der Waals surface area contributed by atoms with Crippen LogP contribution in [0.2, 0.25) is 6.55 Å². The second kappa shape index (κ2) is 8.60. The molecule has 1 rings (SSSR count). The average Bonchev–Trinajstić information content (AvgIpc) is 2.47. The summed E-state index contributed by atoms with van der Waals surface area (Å²) in [4.78, 5) is 0. The van der Waals surface area contributed by atoms with Crippen molar-refractivity contribution in [2.24, 2.45) is 5.41 Å². The van der Waals surface area contributed by atoms with Crippen LogP contribution in [-0.2, 0) is 23.1 Å². The minimum atomic E-state index is -2.26. The SMILES string of the molecule is CCOC(CCCC(OC)C1(C)COC1)[Si](C)(OC)OC. The Bertz CT molecular complexity index is 292. The third-order valence-corrected chi connectivity index (χ3v) is 7.87. The van der Waals surface area contributed by atoms with Crippen molar-refractivity contribution in [3.05, 3.63) is 0 Å². The fraction of sp³-hybridized carbons (Fsp3) is 1.00. The number of hydrogen-bond acceptors (Lipinski definition) is 5. The van der Waals surface area contributed by atoms with Gasteiger partial charge in [-0.25, -0.2) is 0 Å². The highest BCUT2D eigenvalue weighted by molar-refractivity contribution is 6.67. The summed E-state index contributed by atoms with van der Waals surface area (Å²) in [5, 5.41) is 0. The van der Waals surface area contributed by atoms with E-state index in [2.05, 4.69) is 13.5 Å². The fourth-order valence-electron chi connectivity index (χ4n) is 2.89. The van der Waals surface area contributed by atoms with E-state index in [4.69, 9.17) is 23.1 Å². The van der Waals surface area contributed by atoms with Gasteiger partial charge in [-0.15, -0.1) is 0 Å². The van der Waals surface area contributed by atoms with Crippen LogP contribution < -0.4 is 0 Å². The third-order valence-electron chi connectivity index (χ3n) is 4.62. The normalized spacial score (nSPS) is 20.9. The van der Waals surface area contributed by atoms with E-state index in [0.29, 0.717) is 6.61 Å². The van der Waals surface area contributed by atoms with Gasteiger partial charge in [0.2, 0.25) is 0 Å². The molecule has 0 aromatic rings. The molecule has 1 heterocycles. The summed E-state index contributed by atoms with van der Waals surface area (Å²) in [5.74, 6) is 0. The molecule has 0 aromatic carbocycles. The Balaban J connectivity index is 2.49. The Labute approximate surface area is 130 Å². The van der Waals surface area contributed by atoms with Crippen LogP contribution in [0, 0.1) is 5.41 Å². The molecule has 0 N–H and O–H groups in total. The lowest BCUT2D eigenvalue weighted by atomic mass is 9.80. The minimum absolute atomic E-state index is 0.0560. The molecule has 1 saturated heterocycles. The quantitative estimate of drug-likeness (QED) is 0.547. The predicted octanol–water partition coefficient (Wildman–Crippen LogP) is 2.52.